The Hall–Kier alpha value is -2.54. The molecule has 0 aliphatic carbocycles. The van der Waals surface area contributed by atoms with Crippen LogP contribution >= 0.6 is 0 Å². The van der Waals surface area contributed by atoms with E-state index in [1.165, 1.54) is 4.31 Å². The van der Waals surface area contributed by atoms with Crippen molar-refractivity contribution in [2.24, 2.45) is 0 Å². The Labute approximate surface area is 160 Å². The molecule has 0 bridgehead atoms. The minimum atomic E-state index is -3.51. The number of benzene rings is 2. The van der Waals surface area contributed by atoms with Crippen LogP contribution in [0, 0.1) is 6.92 Å². The Kier molecular flexibility index (Phi) is 5.41. The molecule has 0 radical (unpaired) electrons. The fourth-order valence-electron chi connectivity index (χ4n) is 3.00. The monoisotopic (exact) mass is 388 g/mol. The van der Waals surface area contributed by atoms with Crippen LogP contribution in [0.25, 0.3) is 0 Å². The highest BCUT2D eigenvalue weighted by Crippen LogP contribution is 2.35. The van der Waals surface area contributed by atoms with Crippen molar-refractivity contribution in [2.45, 2.75) is 32.9 Å². The first-order valence-electron chi connectivity index (χ1n) is 8.95. The molecular weight excluding hydrogens is 364 g/mol. The van der Waals surface area contributed by atoms with E-state index in [2.05, 4.69) is 5.32 Å². The SMILES string of the molecule is CCS(=O)(=O)N1C[C@H](C(=O)N[C@H](C)c2ccc(C)cc2)Oc2ccccc21. The molecule has 144 valence electrons. The minimum Gasteiger partial charge on any atom is -0.476 e. The molecule has 0 fully saturated rings. The minimum absolute atomic E-state index is 0.0420. The number of para-hydroxylation sites is 2. The van der Waals surface area contributed by atoms with Crippen molar-refractivity contribution in [1.29, 1.82) is 0 Å². The third-order valence-corrected chi connectivity index (χ3v) is 6.41. The lowest BCUT2D eigenvalue weighted by atomic mass is 10.1. The Balaban J connectivity index is 1.80. The molecule has 1 aliphatic rings. The first kappa shape index (κ1) is 19.2. The first-order chi connectivity index (χ1) is 12.8. The molecule has 0 spiro atoms. The summed E-state index contributed by atoms with van der Waals surface area (Å²) < 4.78 is 32.1. The highest BCUT2D eigenvalue weighted by Gasteiger charge is 2.36. The van der Waals surface area contributed by atoms with Gasteiger partial charge in [0.05, 0.1) is 24.0 Å². The number of nitrogens with zero attached hydrogens (tertiary/aromatic N) is 1. The van der Waals surface area contributed by atoms with E-state index in [1.54, 1.807) is 31.2 Å². The largest absolute Gasteiger partial charge is 0.476 e. The van der Waals surface area contributed by atoms with E-state index < -0.39 is 16.1 Å². The van der Waals surface area contributed by atoms with Crippen molar-refractivity contribution in [1.82, 2.24) is 5.32 Å². The molecule has 1 aliphatic heterocycles. The van der Waals surface area contributed by atoms with Crippen LogP contribution in [0.15, 0.2) is 48.5 Å². The third kappa shape index (κ3) is 4.08. The van der Waals surface area contributed by atoms with Crippen LogP contribution in [0.4, 0.5) is 5.69 Å². The van der Waals surface area contributed by atoms with Crippen LogP contribution in [0.5, 0.6) is 5.75 Å². The normalized spacial score (nSPS) is 17.6. The number of hydrogen-bond acceptors (Lipinski definition) is 4. The number of aryl methyl sites for hydroxylation is 1. The zero-order chi connectivity index (χ0) is 19.6. The number of carbonyl (C=O) groups is 1. The predicted molar refractivity (Wildman–Crippen MR) is 105 cm³/mol. The number of nitrogens with one attached hydrogen (secondary N) is 1. The number of amides is 1. The van der Waals surface area contributed by atoms with Gasteiger partial charge in [-0.1, -0.05) is 42.0 Å². The lowest BCUT2D eigenvalue weighted by Gasteiger charge is -2.35. The summed E-state index contributed by atoms with van der Waals surface area (Å²) in [6.07, 6.45) is -0.908. The lowest BCUT2D eigenvalue weighted by molar-refractivity contribution is -0.128. The Morgan fingerprint density at radius 3 is 2.56 bits per heavy atom. The molecule has 1 amide bonds. The average molecular weight is 388 g/mol. The zero-order valence-corrected chi connectivity index (χ0v) is 16.5. The van der Waals surface area contributed by atoms with Gasteiger partial charge in [0.25, 0.3) is 5.91 Å². The molecule has 2 aromatic carbocycles. The molecule has 1 heterocycles. The number of rotatable bonds is 5. The van der Waals surface area contributed by atoms with Crippen LogP contribution in [0.1, 0.15) is 31.0 Å². The summed E-state index contributed by atoms with van der Waals surface area (Å²) in [7, 11) is -3.51. The van der Waals surface area contributed by atoms with Gasteiger partial charge in [-0.2, -0.15) is 0 Å². The van der Waals surface area contributed by atoms with Crippen molar-refractivity contribution < 1.29 is 17.9 Å². The third-order valence-electron chi connectivity index (χ3n) is 4.66. The van der Waals surface area contributed by atoms with E-state index in [4.69, 9.17) is 4.74 Å². The quantitative estimate of drug-likeness (QED) is 0.855. The van der Waals surface area contributed by atoms with Gasteiger partial charge in [-0.25, -0.2) is 8.42 Å². The molecule has 7 heteroatoms. The smallest absolute Gasteiger partial charge is 0.263 e. The molecule has 3 rings (SSSR count). The van der Waals surface area contributed by atoms with Gasteiger partial charge in [-0.05, 0) is 38.5 Å². The van der Waals surface area contributed by atoms with Crippen molar-refractivity contribution in [2.75, 3.05) is 16.6 Å². The molecule has 0 unspecified atom stereocenters. The number of carbonyl (C=O) groups excluding carboxylic acids is 1. The standard InChI is InChI=1S/C20H24N2O4S/c1-4-27(24,25)22-13-19(26-18-8-6-5-7-17(18)22)20(23)21-15(3)16-11-9-14(2)10-12-16/h5-12,15,19H,4,13H2,1-3H3,(H,21,23)/t15-,19-/m1/s1. The highest BCUT2D eigenvalue weighted by atomic mass is 32.2. The first-order valence-corrected chi connectivity index (χ1v) is 10.6. The van der Waals surface area contributed by atoms with Crippen LogP contribution in [-0.4, -0.2) is 32.7 Å². The molecule has 2 atom stereocenters. The van der Waals surface area contributed by atoms with Crippen LogP contribution < -0.4 is 14.4 Å². The van der Waals surface area contributed by atoms with Gasteiger partial charge in [0.1, 0.15) is 5.75 Å². The summed E-state index contributed by atoms with van der Waals surface area (Å²) in [5.41, 5.74) is 2.59. The van der Waals surface area contributed by atoms with E-state index in [9.17, 15) is 13.2 Å². The highest BCUT2D eigenvalue weighted by molar-refractivity contribution is 7.92. The van der Waals surface area contributed by atoms with Gasteiger partial charge in [0.15, 0.2) is 6.10 Å². The van der Waals surface area contributed by atoms with Gasteiger partial charge in [0, 0.05) is 0 Å². The van der Waals surface area contributed by atoms with Gasteiger partial charge in [-0.15, -0.1) is 0 Å². The Morgan fingerprint density at radius 2 is 1.89 bits per heavy atom. The van der Waals surface area contributed by atoms with E-state index >= 15 is 0 Å². The topological polar surface area (TPSA) is 75.7 Å². The van der Waals surface area contributed by atoms with Crippen molar-refractivity contribution in [3.05, 3.63) is 59.7 Å². The summed E-state index contributed by atoms with van der Waals surface area (Å²) in [4.78, 5) is 12.8. The lowest BCUT2D eigenvalue weighted by Crippen LogP contribution is -2.51. The predicted octanol–water partition coefficient (Wildman–Crippen LogP) is 2.79. The molecular formula is C20H24N2O4S. The number of anilines is 1. The maximum atomic E-state index is 12.8. The average Bonchev–Trinajstić information content (AvgIpc) is 2.67. The fourth-order valence-corrected chi connectivity index (χ4v) is 4.13. The van der Waals surface area contributed by atoms with Gasteiger partial charge < -0.3 is 10.1 Å². The summed E-state index contributed by atoms with van der Waals surface area (Å²) in [6.45, 7) is 5.44. The molecule has 0 saturated carbocycles. The maximum Gasteiger partial charge on any atom is 0.263 e. The van der Waals surface area contributed by atoms with Crippen molar-refractivity contribution >= 4 is 21.6 Å². The summed E-state index contributed by atoms with van der Waals surface area (Å²) in [5.74, 6) is 0.00733. The van der Waals surface area contributed by atoms with E-state index in [1.807, 2.05) is 38.1 Å². The summed E-state index contributed by atoms with van der Waals surface area (Å²) in [6, 6.07) is 14.6. The molecule has 27 heavy (non-hydrogen) atoms. The molecule has 2 aromatic rings. The molecule has 0 saturated heterocycles. The zero-order valence-electron chi connectivity index (χ0n) is 15.7. The van der Waals surface area contributed by atoms with Crippen molar-refractivity contribution in [3.63, 3.8) is 0 Å². The van der Waals surface area contributed by atoms with Crippen LogP contribution in [0.2, 0.25) is 0 Å². The number of hydrogen-bond donors (Lipinski definition) is 1. The Bertz CT molecular complexity index is 925. The molecule has 0 aromatic heterocycles. The fraction of sp³-hybridized carbons (Fsp3) is 0.350. The second-order valence-corrected chi connectivity index (χ2v) is 8.83. The van der Waals surface area contributed by atoms with Crippen LogP contribution in [0.3, 0.4) is 0 Å². The second-order valence-electron chi connectivity index (χ2n) is 6.65. The second kappa shape index (κ2) is 7.60. The maximum absolute atomic E-state index is 12.8. The number of ether oxygens (including phenoxy) is 1. The summed E-state index contributed by atoms with van der Waals surface area (Å²) >= 11 is 0. The van der Waals surface area contributed by atoms with E-state index in [0.29, 0.717) is 11.4 Å². The van der Waals surface area contributed by atoms with Gasteiger partial charge in [-0.3, -0.25) is 9.10 Å². The van der Waals surface area contributed by atoms with Gasteiger partial charge in [0.2, 0.25) is 10.0 Å². The number of sulfonamides is 1. The molecule has 6 nitrogen and oxygen atoms in total. The summed E-state index contributed by atoms with van der Waals surface area (Å²) in [5, 5.41) is 2.92. The Morgan fingerprint density at radius 1 is 1.22 bits per heavy atom. The number of fused-ring (bicyclic) bond motifs is 1. The van der Waals surface area contributed by atoms with Crippen molar-refractivity contribution in [3.8, 4) is 5.75 Å². The van der Waals surface area contributed by atoms with Gasteiger partial charge >= 0.3 is 0 Å². The van der Waals surface area contributed by atoms with E-state index in [-0.39, 0.29) is 24.2 Å². The molecule has 1 N–H and O–H groups in total. The van der Waals surface area contributed by atoms with E-state index in [0.717, 1.165) is 11.1 Å². The van der Waals surface area contributed by atoms with Crippen LogP contribution in [-0.2, 0) is 14.8 Å².